The van der Waals surface area contributed by atoms with E-state index in [1.165, 1.54) is 0 Å². The maximum absolute atomic E-state index is 10.5. The third-order valence-electron chi connectivity index (χ3n) is 2.98. The minimum absolute atomic E-state index is 0.301. The van der Waals surface area contributed by atoms with Gasteiger partial charge in [0.05, 0.1) is 6.54 Å². The van der Waals surface area contributed by atoms with E-state index in [-0.39, 0.29) is 0 Å². The van der Waals surface area contributed by atoms with Crippen molar-refractivity contribution in [3.63, 3.8) is 0 Å². The molecule has 1 N–H and O–H groups in total. The number of aliphatic carboxylic acids is 1. The van der Waals surface area contributed by atoms with E-state index in [2.05, 4.69) is 9.88 Å². The molecule has 4 nitrogen and oxygen atoms in total. The minimum Gasteiger partial charge on any atom is -0.481 e. The molecule has 1 fully saturated rings. The highest BCUT2D eigenvalue weighted by Crippen LogP contribution is 2.22. The number of hydrogen-bond donors (Lipinski definition) is 1. The molecule has 1 unspecified atom stereocenters. The molecule has 1 aromatic rings. The number of carbonyl (C=O) groups is 1. The first-order valence-electron chi connectivity index (χ1n) is 5.56. The van der Waals surface area contributed by atoms with E-state index in [4.69, 9.17) is 5.11 Å². The number of nitrogens with zero attached hydrogens (tertiary/aromatic N) is 2. The molecule has 0 aliphatic carbocycles. The molecule has 2 heterocycles. The quantitative estimate of drug-likeness (QED) is 0.853. The Morgan fingerprint density at radius 3 is 3.25 bits per heavy atom. The number of aromatic nitrogens is 1. The highest BCUT2D eigenvalue weighted by Gasteiger charge is 2.23. The van der Waals surface area contributed by atoms with Crippen molar-refractivity contribution in [2.45, 2.75) is 25.8 Å². The number of thiazole rings is 1. The van der Waals surface area contributed by atoms with Crippen molar-refractivity contribution >= 4 is 17.3 Å². The SMILES string of the molecule is O=C(O)CCC1CCN(Cc2nccs2)C1. The number of hydrogen-bond acceptors (Lipinski definition) is 4. The molecular formula is C11H16N2O2S. The standard InChI is InChI=1S/C11H16N2O2S/c14-11(15)2-1-9-3-5-13(7-9)8-10-12-4-6-16-10/h4,6,9H,1-3,5,7-8H2,(H,14,15). The van der Waals surface area contributed by atoms with Crippen molar-refractivity contribution in [3.8, 4) is 0 Å². The molecule has 2 rings (SSSR count). The topological polar surface area (TPSA) is 53.4 Å². The maximum atomic E-state index is 10.5. The zero-order chi connectivity index (χ0) is 11.4. The monoisotopic (exact) mass is 240 g/mol. The fourth-order valence-electron chi connectivity index (χ4n) is 2.14. The molecule has 5 heteroatoms. The van der Waals surface area contributed by atoms with Crippen LogP contribution in [0, 0.1) is 5.92 Å². The first-order valence-corrected chi connectivity index (χ1v) is 6.44. The Kier molecular flexibility index (Phi) is 3.90. The molecule has 0 amide bonds. The smallest absolute Gasteiger partial charge is 0.303 e. The number of carboxylic acids is 1. The second kappa shape index (κ2) is 5.41. The lowest BCUT2D eigenvalue weighted by molar-refractivity contribution is -0.137. The van der Waals surface area contributed by atoms with Gasteiger partial charge in [-0.05, 0) is 25.3 Å². The Morgan fingerprint density at radius 2 is 2.56 bits per heavy atom. The van der Waals surface area contributed by atoms with Crippen LogP contribution in [0.1, 0.15) is 24.3 Å². The van der Waals surface area contributed by atoms with Gasteiger partial charge in [-0.3, -0.25) is 9.69 Å². The summed E-state index contributed by atoms with van der Waals surface area (Å²) in [6.07, 6.45) is 4.07. The molecule has 0 saturated carbocycles. The van der Waals surface area contributed by atoms with E-state index in [1.54, 1.807) is 11.3 Å². The van der Waals surface area contributed by atoms with Gasteiger partial charge in [0.25, 0.3) is 0 Å². The van der Waals surface area contributed by atoms with Crippen LogP contribution in [0.2, 0.25) is 0 Å². The van der Waals surface area contributed by atoms with Crippen LogP contribution in [0.5, 0.6) is 0 Å². The van der Waals surface area contributed by atoms with Gasteiger partial charge < -0.3 is 5.11 Å². The summed E-state index contributed by atoms with van der Waals surface area (Å²) in [5, 5.41) is 11.8. The first-order chi connectivity index (χ1) is 7.74. The minimum atomic E-state index is -0.682. The highest BCUT2D eigenvalue weighted by atomic mass is 32.1. The van der Waals surface area contributed by atoms with E-state index in [9.17, 15) is 4.79 Å². The van der Waals surface area contributed by atoms with Gasteiger partial charge in [0, 0.05) is 24.5 Å². The lowest BCUT2D eigenvalue weighted by Gasteiger charge is -2.13. The van der Waals surface area contributed by atoms with Gasteiger partial charge in [-0.2, -0.15) is 0 Å². The van der Waals surface area contributed by atoms with Crippen LogP contribution < -0.4 is 0 Å². The lowest BCUT2D eigenvalue weighted by atomic mass is 10.0. The summed E-state index contributed by atoms with van der Waals surface area (Å²) >= 11 is 1.68. The molecule has 16 heavy (non-hydrogen) atoms. The van der Waals surface area contributed by atoms with E-state index >= 15 is 0 Å². The van der Waals surface area contributed by atoms with Crippen molar-refractivity contribution in [1.29, 1.82) is 0 Å². The molecular weight excluding hydrogens is 224 g/mol. The van der Waals surface area contributed by atoms with Crippen LogP contribution in [0.3, 0.4) is 0 Å². The molecule has 1 aliphatic rings. The zero-order valence-corrected chi connectivity index (χ0v) is 9.95. The van der Waals surface area contributed by atoms with Crippen molar-refractivity contribution in [2.24, 2.45) is 5.92 Å². The van der Waals surface area contributed by atoms with E-state index in [0.29, 0.717) is 12.3 Å². The Labute approximate surface area is 98.9 Å². The summed E-state index contributed by atoms with van der Waals surface area (Å²) in [7, 11) is 0. The normalized spacial score (nSPS) is 21.4. The second-order valence-corrected chi connectivity index (χ2v) is 5.23. The van der Waals surface area contributed by atoms with Gasteiger partial charge >= 0.3 is 5.97 Å². The molecule has 1 aromatic heterocycles. The summed E-state index contributed by atoms with van der Waals surface area (Å²) in [6.45, 7) is 3.01. The van der Waals surface area contributed by atoms with Crippen LogP contribution in [-0.2, 0) is 11.3 Å². The maximum Gasteiger partial charge on any atom is 0.303 e. The van der Waals surface area contributed by atoms with Crippen molar-refractivity contribution in [2.75, 3.05) is 13.1 Å². The number of likely N-dealkylation sites (tertiary alicyclic amines) is 1. The molecule has 0 spiro atoms. The average molecular weight is 240 g/mol. The van der Waals surface area contributed by atoms with Gasteiger partial charge in [0.2, 0.25) is 0 Å². The van der Waals surface area contributed by atoms with E-state index in [1.807, 2.05) is 11.6 Å². The summed E-state index contributed by atoms with van der Waals surface area (Å²) in [5.74, 6) is -0.130. The van der Waals surface area contributed by atoms with E-state index < -0.39 is 5.97 Å². The van der Waals surface area contributed by atoms with Gasteiger partial charge in [0.15, 0.2) is 0 Å². The molecule has 1 saturated heterocycles. The Morgan fingerprint density at radius 1 is 1.69 bits per heavy atom. The van der Waals surface area contributed by atoms with E-state index in [0.717, 1.165) is 37.5 Å². The highest BCUT2D eigenvalue weighted by molar-refractivity contribution is 7.09. The summed E-state index contributed by atoms with van der Waals surface area (Å²) < 4.78 is 0. The molecule has 0 bridgehead atoms. The molecule has 1 atom stereocenters. The van der Waals surface area contributed by atoms with Crippen LogP contribution in [0.15, 0.2) is 11.6 Å². The van der Waals surface area contributed by atoms with Crippen LogP contribution in [-0.4, -0.2) is 34.0 Å². The average Bonchev–Trinajstić information content (AvgIpc) is 2.87. The third-order valence-corrected chi connectivity index (χ3v) is 3.74. The predicted molar refractivity (Wildman–Crippen MR) is 62.4 cm³/mol. The molecule has 0 aromatic carbocycles. The fourth-order valence-corrected chi connectivity index (χ4v) is 2.80. The number of carboxylic acid groups (broad SMARTS) is 1. The fraction of sp³-hybridized carbons (Fsp3) is 0.636. The van der Waals surface area contributed by atoms with Crippen molar-refractivity contribution in [1.82, 2.24) is 9.88 Å². The van der Waals surface area contributed by atoms with Gasteiger partial charge in [-0.25, -0.2) is 4.98 Å². The Balaban J connectivity index is 1.73. The van der Waals surface area contributed by atoms with Crippen LogP contribution >= 0.6 is 11.3 Å². The summed E-state index contributed by atoms with van der Waals surface area (Å²) in [5.41, 5.74) is 0. The van der Waals surface area contributed by atoms with Gasteiger partial charge in [0.1, 0.15) is 5.01 Å². The number of rotatable bonds is 5. The predicted octanol–water partition coefficient (Wildman–Crippen LogP) is 1.83. The largest absolute Gasteiger partial charge is 0.481 e. The van der Waals surface area contributed by atoms with Crippen molar-refractivity contribution < 1.29 is 9.90 Å². The molecule has 88 valence electrons. The van der Waals surface area contributed by atoms with Gasteiger partial charge in [-0.15, -0.1) is 11.3 Å². The molecule has 0 radical (unpaired) electrons. The lowest BCUT2D eigenvalue weighted by Crippen LogP contribution is -2.20. The summed E-state index contributed by atoms with van der Waals surface area (Å²) in [4.78, 5) is 17.1. The van der Waals surface area contributed by atoms with Crippen molar-refractivity contribution in [3.05, 3.63) is 16.6 Å². The Bertz CT molecular complexity index is 340. The third kappa shape index (κ3) is 3.28. The van der Waals surface area contributed by atoms with Crippen LogP contribution in [0.4, 0.5) is 0 Å². The first kappa shape index (κ1) is 11.5. The van der Waals surface area contributed by atoms with Crippen LogP contribution in [0.25, 0.3) is 0 Å². The zero-order valence-electron chi connectivity index (χ0n) is 9.13. The Hall–Kier alpha value is -0.940. The summed E-state index contributed by atoms with van der Waals surface area (Å²) in [6, 6.07) is 0. The second-order valence-electron chi connectivity index (χ2n) is 4.25. The van der Waals surface area contributed by atoms with Gasteiger partial charge in [-0.1, -0.05) is 0 Å². The molecule has 1 aliphatic heterocycles.